The van der Waals surface area contributed by atoms with E-state index in [0.29, 0.717) is 6.29 Å². The van der Waals surface area contributed by atoms with Crippen LogP contribution in [0.3, 0.4) is 0 Å². The number of carbonyl (C=O) groups is 2. The molecule has 0 aliphatic carbocycles. The average molecular weight is 171 g/mol. The van der Waals surface area contributed by atoms with Crippen molar-refractivity contribution in [3.05, 3.63) is 23.3 Å². The van der Waals surface area contributed by atoms with Gasteiger partial charge in [-0.3, -0.25) is 4.79 Å². The zero-order valence-corrected chi connectivity index (χ0v) is 6.26. The molecule has 12 heavy (non-hydrogen) atoms. The van der Waals surface area contributed by atoms with E-state index in [1.54, 1.807) is 0 Å². The predicted octanol–water partition coefficient (Wildman–Crippen LogP) is 0.753. The minimum absolute atomic E-state index is 0.00731. The van der Waals surface area contributed by atoms with E-state index in [0.717, 1.165) is 13.2 Å². The van der Waals surface area contributed by atoms with E-state index in [1.807, 2.05) is 0 Å². The van der Waals surface area contributed by atoms with E-state index in [4.69, 9.17) is 0 Å². The summed E-state index contributed by atoms with van der Waals surface area (Å²) in [5.74, 6) is -1.62. The van der Waals surface area contributed by atoms with Crippen molar-refractivity contribution in [1.29, 1.82) is 0 Å². The summed E-state index contributed by atoms with van der Waals surface area (Å²) in [5, 5.41) is 0. The van der Waals surface area contributed by atoms with E-state index < -0.39 is 11.8 Å². The minimum atomic E-state index is -0.833. The maximum absolute atomic E-state index is 12.7. The molecule has 1 aromatic heterocycles. The molecule has 0 fully saturated rings. The monoisotopic (exact) mass is 171 g/mol. The molecule has 1 aromatic rings. The van der Waals surface area contributed by atoms with E-state index in [-0.39, 0.29) is 11.4 Å². The lowest BCUT2D eigenvalue weighted by Crippen LogP contribution is -2.03. The van der Waals surface area contributed by atoms with Gasteiger partial charge in [-0.1, -0.05) is 0 Å². The van der Waals surface area contributed by atoms with Gasteiger partial charge in [0.15, 0.2) is 17.8 Å². The van der Waals surface area contributed by atoms with Crippen LogP contribution in [0.5, 0.6) is 0 Å². The molecule has 0 bridgehead atoms. The molecule has 1 N–H and O–H groups in total. The van der Waals surface area contributed by atoms with Crippen molar-refractivity contribution >= 4 is 12.3 Å². The van der Waals surface area contributed by atoms with E-state index >= 15 is 0 Å². The highest BCUT2D eigenvalue weighted by Crippen LogP contribution is 2.08. The molecule has 0 unspecified atom stereocenters. The molecule has 1 rings (SSSR count). The molecule has 1 heterocycles. The number of aromatic amines is 1. The maximum atomic E-state index is 12.7. The average Bonchev–Trinajstić information content (AvgIpc) is 2.45. The van der Waals surface area contributed by atoms with Crippen molar-refractivity contribution in [2.45, 2.75) is 0 Å². The van der Waals surface area contributed by atoms with Crippen molar-refractivity contribution in [2.75, 3.05) is 7.11 Å². The third kappa shape index (κ3) is 1.34. The van der Waals surface area contributed by atoms with Crippen LogP contribution in [0.15, 0.2) is 6.07 Å². The molecule has 4 nitrogen and oxygen atoms in total. The van der Waals surface area contributed by atoms with Gasteiger partial charge in [-0.15, -0.1) is 0 Å². The fraction of sp³-hybridized carbons (Fsp3) is 0.143. The number of hydrogen-bond donors (Lipinski definition) is 1. The Morgan fingerprint density at radius 1 is 1.75 bits per heavy atom. The van der Waals surface area contributed by atoms with Crippen LogP contribution in [-0.4, -0.2) is 24.3 Å². The van der Waals surface area contributed by atoms with Gasteiger partial charge >= 0.3 is 5.97 Å². The van der Waals surface area contributed by atoms with Gasteiger partial charge in [-0.05, 0) is 0 Å². The normalized spacial score (nSPS) is 9.50. The van der Waals surface area contributed by atoms with E-state index in [2.05, 4.69) is 9.72 Å². The van der Waals surface area contributed by atoms with Gasteiger partial charge in [-0.2, -0.15) is 0 Å². The summed E-state index contributed by atoms with van der Waals surface area (Å²) in [6.45, 7) is 0. The second-order valence-corrected chi connectivity index (χ2v) is 2.06. The Kier molecular flexibility index (Phi) is 2.23. The molecule has 64 valence electrons. The largest absolute Gasteiger partial charge is 0.464 e. The zero-order chi connectivity index (χ0) is 9.14. The van der Waals surface area contributed by atoms with Crippen LogP contribution in [0.4, 0.5) is 4.39 Å². The van der Waals surface area contributed by atoms with Crippen LogP contribution in [0, 0.1) is 5.82 Å². The minimum Gasteiger partial charge on any atom is -0.464 e. The number of aromatic nitrogens is 1. The second kappa shape index (κ2) is 3.17. The number of ether oxygens (including phenoxy) is 1. The molecule has 0 aliphatic rings. The molecule has 0 aromatic carbocycles. The molecule has 0 spiro atoms. The van der Waals surface area contributed by atoms with Gasteiger partial charge in [0.1, 0.15) is 0 Å². The molecule has 0 saturated carbocycles. The number of methoxy groups -OCH3 is 1. The lowest BCUT2D eigenvalue weighted by molar-refractivity contribution is 0.0589. The molecule has 0 aliphatic heterocycles. The van der Waals surface area contributed by atoms with Gasteiger partial charge in [0.05, 0.1) is 12.8 Å². The summed E-state index contributed by atoms with van der Waals surface area (Å²) >= 11 is 0. The van der Waals surface area contributed by atoms with Crippen LogP contribution in [0.1, 0.15) is 21.0 Å². The van der Waals surface area contributed by atoms with Crippen molar-refractivity contribution < 1.29 is 18.7 Å². The Morgan fingerprint density at radius 3 is 2.83 bits per heavy atom. The second-order valence-electron chi connectivity index (χ2n) is 2.06. The highest BCUT2D eigenvalue weighted by atomic mass is 19.1. The van der Waals surface area contributed by atoms with E-state index in [9.17, 15) is 14.0 Å². The third-order valence-corrected chi connectivity index (χ3v) is 1.31. The fourth-order valence-electron chi connectivity index (χ4n) is 0.763. The van der Waals surface area contributed by atoms with E-state index in [1.165, 1.54) is 0 Å². The summed E-state index contributed by atoms with van der Waals surface area (Å²) in [5.41, 5.74) is -0.326. The topological polar surface area (TPSA) is 59.2 Å². The number of nitrogens with one attached hydrogen (secondary N) is 1. The lowest BCUT2D eigenvalue weighted by atomic mass is 10.4. The molecule has 5 heteroatoms. The first-order valence-corrected chi connectivity index (χ1v) is 3.11. The number of H-pyrrole nitrogens is 1. The summed E-state index contributed by atoms with van der Waals surface area (Å²) in [6, 6.07) is 0.930. The summed E-state index contributed by atoms with van der Waals surface area (Å²) < 4.78 is 17.0. The number of halogens is 1. The first-order chi connectivity index (χ1) is 5.69. The Morgan fingerprint density at radius 2 is 2.42 bits per heavy atom. The number of aldehydes is 1. The fourth-order valence-corrected chi connectivity index (χ4v) is 0.763. The molecule has 0 amide bonds. The first kappa shape index (κ1) is 8.45. The highest BCUT2D eigenvalue weighted by Gasteiger charge is 2.15. The van der Waals surface area contributed by atoms with Gasteiger partial charge in [0, 0.05) is 6.07 Å². The molecular formula is C7H6FNO3. The van der Waals surface area contributed by atoms with Gasteiger partial charge in [-0.25, -0.2) is 9.18 Å². The van der Waals surface area contributed by atoms with Crippen molar-refractivity contribution in [1.82, 2.24) is 4.98 Å². The van der Waals surface area contributed by atoms with Gasteiger partial charge in [0.2, 0.25) is 0 Å². The van der Waals surface area contributed by atoms with Crippen LogP contribution in [-0.2, 0) is 4.74 Å². The Labute approximate surface area is 67.3 Å². The van der Waals surface area contributed by atoms with Crippen molar-refractivity contribution in [2.24, 2.45) is 0 Å². The number of hydrogen-bond acceptors (Lipinski definition) is 3. The van der Waals surface area contributed by atoms with Crippen molar-refractivity contribution in [3.8, 4) is 0 Å². The van der Waals surface area contributed by atoms with Crippen LogP contribution in [0.2, 0.25) is 0 Å². The Balaban J connectivity index is 3.07. The smallest absolute Gasteiger partial charge is 0.357 e. The third-order valence-electron chi connectivity index (χ3n) is 1.31. The Hall–Kier alpha value is -1.65. The maximum Gasteiger partial charge on any atom is 0.357 e. The van der Waals surface area contributed by atoms with Gasteiger partial charge < -0.3 is 9.72 Å². The number of carbonyl (C=O) groups excluding carboxylic acids is 2. The lowest BCUT2D eigenvalue weighted by Gasteiger charge is -1.93. The van der Waals surface area contributed by atoms with Crippen LogP contribution < -0.4 is 0 Å². The zero-order valence-electron chi connectivity index (χ0n) is 6.26. The highest BCUT2D eigenvalue weighted by molar-refractivity contribution is 5.89. The first-order valence-electron chi connectivity index (χ1n) is 3.11. The summed E-state index contributed by atoms with van der Waals surface area (Å²) in [4.78, 5) is 23.2. The SMILES string of the molecule is COC(=O)c1[nH]c(C=O)cc1F. The number of esters is 1. The predicted molar refractivity (Wildman–Crippen MR) is 37.5 cm³/mol. The standard InChI is InChI=1S/C7H6FNO3/c1-12-7(11)6-5(8)2-4(3-10)9-6/h2-3,9H,1H3. The van der Waals surface area contributed by atoms with Crippen LogP contribution in [0.25, 0.3) is 0 Å². The molecule has 0 atom stereocenters. The molecule has 0 saturated heterocycles. The van der Waals surface area contributed by atoms with Crippen molar-refractivity contribution in [3.63, 3.8) is 0 Å². The molecular weight excluding hydrogens is 165 g/mol. The number of rotatable bonds is 2. The summed E-state index contributed by atoms with van der Waals surface area (Å²) in [6.07, 6.45) is 0.412. The Bertz CT molecular complexity index is 318. The summed E-state index contributed by atoms with van der Waals surface area (Å²) in [7, 11) is 1.13. The van der Waals surface area contributed by atoms with Gasteiger partial charge in [0.25, 0.3) is 0 Å². The molecule has 0 radical (unpaired) electrons. The van der Waals surface area contributed by atoms with Crippen LogP contribution >= 0.6 is 0 Å². The quantitative estimate of drug-likeness (QED) is 0.527.